The van der Waals surface area contributed by atoms with E-state index in [0.717, 1.165) is 49.8 Å². The number of H-pyrrole nitrogens is 1. The standard InChI is InChI=1S/C21H29N3O2/c1-2-9-17-14-19(23-22-17)21(26)24(18-12-7-4-8-13-18)15-20(25)16-10-5-3-6-11-16/h3,5-6,10-11,14,18,20,25H,2,4,7-9,12-13,15H2,1H3,(H,22,23)/t20-/m0/s1. The molecule has 1 aliphatic carbocycles. The number of aliphatic hydroxyl groups is 1. The molecule has 2 aromatic rings. The number of amides is 1. The maximum Gasteiger partial charge on any atom is 0.274 e. The lowest BCUT2D eigenvalue weighted by Gasteiger charge is -2.35. The lowest BCUT2D eigenvalue weighted by Crippen LogP contribution is -2.44. The molecular weight excluding hydrogens is 326 g/mol. The molecule has 0 saturated heterocycles. The molecule has 5 nitrogen and oxygen atoms in total. The van der Waals surface area contributed by atoms with Crippen LogP contribution in [-0.2, 0) is 6.42 Å². The highest BCUT2D eigenvalue weighted by molar-refractivity contribution is 5.92. The number of rotatable bonds is 7. The Balaban J connectivity index is 1.78. The van der Waals surface area contributed by atoms with Crippen molar-refractivity contribution >= 4 is 5.91 Å². The summed E-state index contributed by atoms with van der Waals surface area (Å²) in [7, 11) is 0. The monoisotopic (exact) mass is 355 g/mol. The molecule has 0 spiro atoms. The molecule has 5 heteroatoms. The zero-order valence-electron chi connectivity index (χ0n) is 15.5. The molecule has 26 heavy (non-hydrogen) atoms. The number of nitrogens with zero attached hydrogens (tertiary/aromatic N) is 2. The maximum absolute atomic E-state index is 13.2. The van der Waals surface area contributed by atoms with E-state index in [4.69, 9.17) is 0 Å². The summed E-state index contributed by atoms with van der Waals surface area (Å²) in [6.45, 7) is 2.41. The molecule has 1 aromatic heterocycles. The molecule has 1 atom stereocenters. The third kappa shape index (κ3) is 4.52. The average molecular weight is 355 g/mol. The Morgan fingerprint density at radius 3 is 2.69 bits per heavy atom. The van der Waals surface area contributed by atoms with Crippen LogP contribution >= 0.6 is 0 Å². The van der Waals surface area contributed by atoms with E-state index in [9.17, 15) is 9.90 Å². The fourth-order valence-electron chi connectivity index (χ4n) is 3.77. The number of aromatic amines is 1. The molecule has 3 rings (SSSR count). The molecule has 1 fully saturated rings. The first kappa shape index (κ1) is 18.6. The lowest BCUT2D eigenvalue weighted by molar-refractivity contribution is 0.0449. The first-order valence-corrected chi connectivity index (χ1v) is 9.77. The highest BCUT2D eigenvalue weighted by Crippen LogP contribution is 2.26. The van der Waals surface area contributed by atoms with Crippen LogP contribution in [0.3, 0.4) is 0 Å². The number of benzene rings is 1. The summed E-state index contributed by atoms with van der Waals surface area (Å²) in [4.78, 5) is 15.0. The van der Waals surface area contributed by atoms with Gasteiger partial charge in [-0.2, -0.15) is 5.10 Å². The third-order valence-corrected chi connectivity index (χ3v) is 5.20. The largest absolute Gasteiger partial charge is 0.387 e. The molecule has 1 aliphatic rings. The summed E-state index contributed by atoms with van der Waals surface area (Å²) in [5.41, 5.74) is 2.29. The van der Waals surface area contributed by atoms with E-state index in [1.165, 1.54) is 6.42 Å². The van der Waals surface area contributed by atoms with Crippen molar-refractivity contribution in [2.75, 3.05) is 6.54 Å². The SMILES string of the molecule is CCCc1cc(C(=O)N(C[C@H](O)c2ccccc2)C2CCCCC2)n[nH]1. The summed E-state index contributed by atoms with van der Waals surface area (Å²) in [6.07, 6.45) is 6.71. The fourth-order valence-corrected chi connectivity index (χ4v) is 3.77. The van der Waals surface area contributed by atoms with Gasteiger partial charge in [-0.1, -0.05) is 62.9 Å². The Morgan fingerprint density at radius 2 is 2.00 bits per heavy atom. The van der Waals surface area contributed by atoms with Crippen LogP contribution in [0, 0.1) is 0 Å². The summed E-state index contributed by atoms with van der Waals surface area (Å²) in [5.74, 6) is -0.0783. The van der Waals surface area contributed by atoms with Gasteiger partial charge in [-0.15, -0.1) is 0 Å². The predicted octanol–water partition coefficient (Wildman–Crippen LogP) is 3.87. The van der Waals surface area contributed by atoms with Crippen LogP contribution < -0.4 is 0 Å². The Labute approximate surface area is 155 Å². The second kappa shape index (κ2) is 8.99. The van der Waals surface area contributed by atoms with Gasteiger partial charge < -0.3 is 10.0 Å². The molecule has 1 aromatic carbocycles. The van der Waals surface area contributed by atoms with E-state index in [2.05, 4.69) is 17.1 Å². The van der Waals surface area contributed by atoms with Crippen molar-refractivity contribution in [2.45, 2.75) is 64.0 Å². The van der Waals surface area contributed by atoms with Crippen LogP contribution in [0.1, 0.15) is 73.3 Å². The lowest BCUT2D eigenvalue weighted by atomic mass is 9.93. The molecular formula is C21H29N3O2. The molecule has 140 valence electrons. The van der Waals surface area contributed by atoms with Gasteiger partial charge in [0, 0.05) is 11.7 Å². The summed E-state index contributed by atoms with van der Waals surface area (Å²) < 4.78 is 0. The van der Waals surface area contributed by atoms with E-state index in [0.29, 0.717) is 12.2 Å². The van der Waals surface area contributed by atoms with Gasteiger partial charge in [0.1, 0.15) is 5.69 Å². The average Bonchev–Trinajstić information content (AvgIpc) is 3.16. The van der Waals surface area contributed by atoms with Gasteiger partial charge in [0.15, 0.2) is 0 Å². The molecule has 0 aliphatic heterocycles. The number of hydrogen-bond acceptors (Lipinski definition) is 3. The zero-order valence-corrected chi connectivity index (χ0v) is 15.5. The van der Waals surface area contributed by atoms with Gasteiger partial charge in [-0.3, -0.25) is 9.89 Å². The van der Waals surface area contributed by atoms with Crippen molar-refractivity contribution in [3.05, 3.63) is 53.3 Å². The number of carbonyl (C=O) groups excluding carboxylic acids is 1. The van der Waals surface area contributed by atoms with Crippen LogP contribution in [0.5, 0.6) is 0 Å². The maximum atomic E-state index is 13.2. The minimum atomic E-state index is -0.684. The number of aliphatic hydroxyl groups excluding tert-OH is 1. The minimum absolute atomic E-state index is 0.0783. The van der Waals surface area contributed by atoms with Crippen molar-refractivity contribution < 1.29 is 9.90 Å². The van der Waals surface area contributed by atoms with Crippen molar-refractivity contribution in [2.24, 2.45) is 0 Å². The predicted molar refractivity (Wildman–Crippen MR) is 102 cm³/mol. The van der Waals surface area contributed by atoms with E-state index in [-0.39, 0.29) is 11.9 Å². The zero-order chi connectivity index (χ0) is 18.4. The minimum Gasteiger partial charge on any atom is -0.387 e. The highest BCUT2D eigenvalue weighted by atomic mass is 16.3. The molecule has 1 heterocycles. The molecule has 0 bridgehead atoms. The Bertz CT molecular complexity index is 692. The van der Waals surface area contributed by atoms with E-state index in [1.54, 1.807) is 0 Å². The first-order chi connectivity index (χ1) is 12.7. The van der Waals surface area contributed by atoms with Gasteiger partial charge in [-0.25, -0.2) is 0 Å². The smallest absolute Gasteiger partial charge is 0.274 e. The van der Waals surface area contributed by atoms with E-state index < -0.39 is 6.10 Å². The molecule has 1 amide bonds. The van der Waals surface area contributed by atoms with Crippen molar-refractivity contribution in [3.63, 3.8) is 0 Å². The van der Waals surface area contributed by atoms with Crippen LogP contribution in [-0.4, -0.2) is 38.7 Å². The van der Waals surface area contributed by atoms with Gasteiger partial charge in [0.2, 0.25) is 0 Å². The van der Waals surface area contributed by atoms with Gasteiger partial charge in [0.05, 0.1) is 12.6 Å². The molecule has 0 radical (unpaired) electrons. The van der Waals surface area contributed by atoms with Gasteiger partial charge in [-0.05, 0) is 30.9 Å². The topological polar surface area (TPSA) is 69.2 Å². The van der Waals surface area contributed by atoms with Crippen LogP contribution in [0.2, 0.25) is 0 Å². The van der Waals surface area contributed by atoms with Crippen molar-refractivity contribution in [1.82, 2.24) is 15.1 Å². The third-order valence-electron chi connectivity index (χ3n) is 5.20. The van der Waals surface area contributed by atoms with Crippen molar-refractivity contribution in [3.8, 4) is 0 Å². The van der Waals surface area contributed by atoms with Crippen LogP contribution in [0.15, 0.2) is 36.4 Å². The number of aromatic nitrogens is 2. The van der Waals surface area contributed by atoms with Gasteiger partial charge >= 0.3 is 0 Å². The summed E-state index contributed by atoms with van der Waals surface area (Å²) >= 11 is 0. The molecule has 1 saturated carbocycles. The Kier molecular flexibility index (Phi) is 6.45. The second-order valence-electron chi connectivity index (χ2n) is 7.20. The van der Waals surface area contributed by atoms with E-state index in [1.807, 2.05) is 41.3 Å². The normalized spacial score (nSPS) is 16.4. The number of aryl methyl sites for hydroxylation is 1. The van der Waals surface area contributed by atoms with Crippen LogP contribution in [0.25, 0.3) is 0 Å². The molecule has 2 N–H and O–H groups in total. The van der Waals surface area contributed by atoms with Gasteiger partial charge in [0.25, 0.3) is 5.91 Å². The van der Waals surface area contributed by atoms with Crippen molar-refractivity contribution in [1.29, 1.82) is 0 Å². The van der Waals surface area contributed by atoms with E-state index >= 15 is 0 Å². The Hall–Kier alpha value is -2.14. The molecule has 0 unspecified atom stereocenters. The first-order valence-electron chi connectivity index (χ1n) is 9.77. The number of hydrogen-bond donors (Lipinski definition) is 2. The fraction of sp³-hybridized carbons (Fsp3) is 0.524. The summed E-state index contributed by atoms with van der Waals surface area (Å²) in [6, 6.07) is 11.6. The van der Waals surface area contributed by atoms with Crippen LogP contribution in [0.4, 0.5) is 0 Å². The summed E-state index contributed by atoms with van der Waals surface area (Å²) in [5, 5.41) is 17.9. The highest BCUT2D eigenvalue weighted by Gasteiger charge is 2.29. The quantitative estimate of drug-likeness (QED) is 0.792. The second-order valence-corrected chi connectivity index (χ2v) is 7.20. The number of nitrogens with one attached hydrogen (secondary N) is 1. The number of carbonyl (C=O) groups is 1. The Morgan fingerprint density at radius 1 is 1.27 bits per heavy atom.